The molecule has 1 N–H and O–H groups in total. The number of allylic oxidation sites excluding steroid dienone is 1. The summed E-state index contributed by atoms with van der Waals surface area (Å²) in [6.45, 7) is 6.71. The van der Waals surface area contributed by atoms with E-state index in [9.17, 15) is 13.2 Å². The summed E-state index contributed by atoms with van der Waals surface area (Å²) in [4.78, 5) is 22.4. The molecule has 6 rings (SSSR count). The van der Waals surface area contributed by atoms with E-state index < -0.39 is 21.2 Å². The molecule has 2 aliphatic heterocycles. The number of sulfonamides is 1. The van der Waals surface area contributed by atoms with Gasteiger partial charge in [-0.1, -0.05) is 42.8 Å². The topological polar surface area (TPSA) is 101 Å². The first-order chi connectivity index (χ1) is 24.1. The van der Waals surface area contributed by atoms with Crippen molar-refractivity contribution in [3.05, 3.63) is 94.7 Å². The summed E-state index contributed by atoms with van der Waals surface area (Å²) < 4.78 is 42.4. The highest BCUT2D eigenvalue weighted by Crippen LogP contribution is 2.42. The molecule has 0 saturated heterocycles. The molecule has 1 saturated carbocycles. The molecular formula is C39H49ClN4O5S. The van der Waals surface area contributed by atoms with Crippen molar-refractivity contribution < 1.29 is 22.7 Å². The maximum absolute atomic E-state index is 13.5. The predicted molar refractivity (Wildman–Crippen MR) is 200 cm³/mol. The molecule has 5 atom stereocenters. The smallest absolute Gasteiger partial charge is 0.264 e. The minimum Gasteiger partial charge on any atom is -0.487 e. The molecule has 3 heterocycles. The molecule has 0 radical (unpaired) electrons. The second kappa shape index (κ2) is 16.2. The van der Waals surface area contributed by atoms with Crippen molar-refractivity contribution in [2.45, 2.75) is 70.3 Å². The number of hydrogen-bond acceptors (Lipinski definition) is 8. The third-order valence-corrected chi connectivity index (χ3v) is 12.9. The lowest BCUT2D eigenvalue weighted by molar-refractivity contribution is -0.0109. The molecule has 9 nitrogen and oxygen atoms in total. The van der Waals surface area contributed by atoms with Gasteiger partial charge in [-0.25, -0.2) is 18.1 Å². The quantitative estimate of drug-likeness (QED) is 0.280. The normalized spacial score (nSPS) is 26.1. The lowest BCUT2D eigenvalue weighted by Crippen LogP contribution is -2.44. The van der Waals surface area contributed by atoms with Crippen LogP contribution in [0.2, 0.25) is 5.02 Å². The fourth-order valence-corrected chi connectivity index (χ4v) is 8.64. The average molecular weight is 721 g/mol. The number of hydrogen-bond donors (Lipinski definition) is 1. The first-order valence-electron chi connectivity index (χ1n) is 17.8. The molecule has 2 bridgehead atoms. The van der Waals surface area contributed by atoms with Crippen molar-refractivity contribution in [1.29, 1.82) is 0 Å². The largest absolute Gasteiger partial charge is 0.487 e. The van der Waals surface area contributed by atoms with Gasteiger partial charge in [-0.15, -0.1) is 0 Å². The fraction of sp³-hybridized carbons (Fsp3) is 0.487. The highest BCUT2D eigenvalue weighted by Gasteiger charge is 2.38. The molecule has 1 unspecified atom stereocenters. The van der Waals surface area contributed by atoms with Gasteiger partial charge in [-0.05, 0) is 117 Å². The number of rotatable bonds is 5. The zero-order valence-electron chi connectivity index (χ0n) is 29.3. The van der Waals surface area contributed by atoms with Crippen LogP contribution in [0.1, 0.15) is 67.4 Å². The molecule has 3 aromatic rings. The number of carbonyl (C=O) groups excluding carboxylic acids is 1. The Bertz CT molecular complexity index is 1770. The number of benzene rings is 2. The number of aromatic nitrogens is 1. The Hall–Kier alpha value is -3.60. The Morgan fingerprint density at radius 1 is 1.08 bits per heavy atom. The lowest BCUT2D eigenvalue weighted by atomic mass is 9.70. The second-order valence-corrected chi connectivity index (χ2v) is 16.5. The lowest BCUT2D eigenvalue weighted by Gasteiger charge is -2.44. The van der Waals surface area contributed by atoms with Crippen molar-refractivity contribution in [1.82, 2.24) is 9.71 Å². The highest BCUT2D eigenvalue weighted by atomic mass is 35.5. The number of nitrogens with zero attached hydrogens (tertiary/aromatic N) is 3. The first kappa shape index (κ1) is 36.2. The van der Waals surface area contributed by atoms with Crippen LogP contribution in [0.4, 0.5) is 11.5 Å². The van der Waals surface area contributed by atoms with Crippen LogP contribution in [0.3, 0.4) is 0 Å². The van der Waals surface area contributed by atoms with Gasteiger partial charge in [-0.3, -0.25) is 4.79 Å². The number of likely N-dealkylation sites (N-methyl/N-ethyl adjacent to an activating group) is 1. The standard InChI is InChI=1S/C39H49ClN4O5S/c1-27-9-8-11-36(48-22-21-43(3)38-12-4-6-19-41-38)34-17-14-31(34)25-44-20-7-5-10-29-23-33(40)16-13-32(29)26-49-37-18-15-30(24-35(37)44)39(45)42-50(46,47)28(27)2/h4,6,8,11-13,15-16,18-19,23-24,27-28,31,34,36H,5,7,9-10,14,17,20-22,25-26H2,1-3H3,(H,42,45)/b11-8+/t27-,28+,31-,34+,36?/m0/s1. The summed E-state index contributed by atoms with van der Waals surface area (Å²) in [7, 11) is -1.92. The second-order valence-electron chi connectivity index (χ2n) is 14.1. The predicted octanol–water partition coefficient (Wildman–Crippen LogP) is 7.05. The van der Waals surface area contributed by atoms with E-state index in [1.807, 2.05) is 50.4 Å². The van der Waals surface area contributed by atoms with Crippen molar-refractivity contribution in [3.63, 3.8) is 0 Å². The van der Waals surface area contributed by atoms with E-state index in [0.717, 1.165) is 62.3 Å². The SMILES string of the molecule is C[C@@H]1[C@@H](C)C/C=C/C(OCCN(C)c2ccccn2)[C@@H]2CC[C@H]2CN2CCCCc3cc(Cl)ccc3COc3ccc(cc32)C(=O)NS1(=O)=O. The van der Waals surface area contributed by atoms with E-state index in [4.69, 9.17) is 21.1 Å². The van der Waals surface area contributed by atoms with Crippen molar-refractivity contribution in [3.8, 4) is 5.75 Å². The number of amides is 1. The number of nitrogens with one attached hydrogen (secondary N) is 1. The van der Waals surface area contributed by atoms with E-state index in [0.29, 0.717) is 54.4 Å². The third kappa shape index (κ3) is 8.64. The average Bonchev–Trinajstić information content (AvgIpc) is 3.12. The van der Waals surface area contributed by atoms with Gasteiger partial charge in [-0.2, -0.15) is 0 Å². The summed E-state index contributed by atoms with van der Waals surface area (Å²) >= 11 is 6.37. The summed E-state index contributed by atoms with van der Waals surface area (Å²) in [6.07, 6.45) is 11.4. The van der Waals surface area contributed by atoms with Gasteiger partial charge in [0.2, 0.25) is 10.0 Å². The Morgan fingerprint density at radius 3 is 2.72 bits per heavy atom. The van der Waals surface area contributed by atoms with Gasteiger partial charge in [0, 0.05) is 43.5 Å². The number of halogens is 1. The molecule has 268 valence electrons. The van der Waals surface area contributed by atoms with Crippen LogP contribution < -0.4 is 19.3 Å². The monoisotopic (exact) mass is 720 g/mol. The molecule has 1 aromatic heterocycles. The van der Waals surface area contributed by atoms with Crippen molar-refractivity contribution >= 4 is 39.0 Å². The molecule has 1 aliphatic carbocycles. The Balaban J connectivity index is 1.31. The number of ether oxygens (including phenoxy) is 2. The third-order valence-electron chi connectivity index (χ3n) is 10.7. The van der Waals surface area contributed by atoms with E-state index >= 15 is 0 Å². The van der Waals surface area contributed by atoms with E-state index in [2.05, 4.69) is 31.7 Å². The van der Waals surface area contributed by atoms with Gasteiger partial charge >= 0.3 is 0 Å². The zero-order chi connectivity index (χ0) is 35.3. The number of carbonyl (C=O) groups is 1. The minimum atomic E-state index is -3.94. The Labute approximate surface area is 302 Å². The molecular weight excluding hydrogens is 672 g/mol. The number of fused-ring (bicyclic) bond motifs is 3. The first-order valence-corrected chi connectivity index (χ1v) is 19.8. The van der Waals surface area contributed by atoms with E-state index in [1.165, 1.54) is 5.56 Å². The maximum Gasteiger partial charge on any atom is 0.264 e. The molecule has 2 aromatic carbocycles. The van der Waals surface area contributed by atoms with E-state index in [-0.39, 0.29) is 12.0 Å². The highest BCUT2D eigenvalue weighted by molar-refractivity contribution is 7.90. The number of pyridine rings is 1. The Kier molecular flexibility index (Phi) is 11.7. The fourth-order valence-electron chi connectivity index (χ4n) is 7.16. The van der Waals surface area contributed by atoms with Gasteiger partial charge < -0.3 is 19.3 Å². The number of aryl methyl sites for hydroxylation is 1. The van der Waals surface area contributed by atoms with Crippen LogP contribution in [0.15, 0.2) is 72.9 Å². The molecule has 3 aliphatic rings. The van der Waals surface area contributed by atoms with Gasteiger partial charge in [0.1, 0.15) is 18.2 Å². The molecule has 50 heavy (non-hydrogen) atoms. The summed E-state index contributed by atoms with van der Waals surface area (Å²) in [5.41, 5.74) is 3.36. The van der Waals surface area contributed by atoms with Crippen LogP contribution in [0.25, 0.3) is 0 Å². The zero-order valence-corrected chi connectivity index (χ0v) is 30.8. The molecule has 1 fully saturated rings. The van der Waals surface area contributed by atoms with Gasteiger partial charge in [0.15, 0.2) is 0 Å². The van der Waals surface area contributed by atoms with Crippen LogP contribution >= 0.6 is 11.6 Å². The summed E-state index contributed by atoms with van der Waals surface area (Å²) in [6, 6.07) is 17.1. The molecule has 1 amide bonds. The van der Waals surface area contributed by atoms with Crippen molar-refractivity contribution in [2.75, 3.05) is 43.1 Å². The van der Waals surface area contributed by atoms with E-state index in [1.54, 1.807) is 31.3 Å². The van der Waals surface area contributed by atoms with Gasteiger partial charge in [0.25, 0.3) is 5.91 Å². The minimum absolute atomic E-state index is 0.108. The van der Waals surface area contributed by atoms with Crippen molar-refractivity contribution in [2.24, 2.45) is 17.8 Å². The Morgan fingerprint density at radius 2 is 1.94 bits per heavy atom. The maximum atomic E-state index is 13.5. The molecule has 11 heteroatoms. The van der Waals surface area contributed by atoms with Gasteiger partial charge in [0.05, 0.1) is 23.6 Å². The van der Waals surface area contributed by atoms with Crippen LogP contribution in [0.5, 0.6) is 5.75 Å². The summed E-state index contributed by atoms with van der Waals surface area (Å²) in [5, 5.41) is -0.0650. The number of anilines is 2. The van der Waals surface area contributed by atoms with Crippen LogP contribution in [-0.4, -0.2) is 64.0 Å². The molecule has 0 spiro atoms. The summed E-state index contributed by atoms with van der Waals surface area (Å²) in [5.74, 6) is 1.39. The van der Waals surface area contributed by atoms with Crippen LogP contribution in [0, 0.1) is 17.8 Å². The van der Waals surface area contributed by atoms with Crippen LogP contribution in [-0.2, 0) is 27.8 Å².